The van der Waals surface area contributed by atoms with E-state index in [1.54, 1.807) is 0 Å². The Labute approximate surface area is 92.4 Å². The van der Waals surface area contributed by atoms with Crippen LogP contribution in [-0.2, 0) is 0 Å². The lowest BCUT2D eigenvalue weighted by atomic mass is 10.1. The zero-order valence-electron chi connectivity index (χ0n) is 9.30. The van der Waals surface area contributed by atoms with Gasteiger partial charge in [0.1, 0.15) is 0 Å². The molecular weight excluding hydrogens is 190 g/mol. The summed E-state index contributed by atoms with van der Waals surface area (Å²) in [6, 6.07) is 0.807. The number of hydrogen-bond donors (Lipinski definition) is 1. The summed E-state index contributed by atoms with van der Waals surface area (Å²) < 4.78 is 0. The number of thioether (sulfide) groups is 1. The summed E-state index contributed by atoms with van der Waals surface area (Å²) in [4.78, 5) is 0. The van der Waals surface area contributed by atoms with Crippen LogP contribution < -0.4 is 5.32 Å². The molecule has 1 N–H and O–H groups in total. The van der Waals surface area contributed by atoms with Gasteiger partial charge in [-0.15, -0.1) is 0 Å². The molecule has 1 unspecified atom stereocenters. The van der Waals surface area contributed by atoms with Gasteiger partial charge in [-0.1, -0.05) is 12.8 Å². The molecule has 1 atom stereocenters. The normalized spacial score (nSPS) is 25.5. The first kappa shape index (κ1) is 10.8. The first-order valence-electron chi connectivity index (χ1n) is 6.15. The third kappa shape index (κ3) is 3.16. The Morgan fingerprint density at radius 2 is 1.93 bits per heavy atom. The second kappa shape index (κ2) is 5.41. The van der Waals surface area contributed by atoms with Crippen molar-refractivity contribution in [3.8, 4) is 0 Å². The Bertz CT molecular complexity index is 162. The summed E-state index contributed by atoms with van der Waals surface area (Å²) in [5.74, 6) is 4.83. The van der Waals surface area contributed by atoms with Gasteiger partial charge in [0.05, 0.1) is 0 Å². The molecule has 2 rings (SSSR count). The molecule has 2 saturated carbocycles. The predicted molar refractivity (Wildman–Crippen MR) is 64.9 cm³/mol. The summed E-state index contributed by atoms with van der Waals surface area (Å²) in [6.45, 7) is 0. The van der Waals surface area contributed by atoms with Crippen LogP contribution in [0.4, 0.5) is 0 Å². The molecule has 2 aliphatic carbocycles. The molecule has 0 aromatic heterocycles. The average Bonchev–Trinajstić information content (AvgIpc) is 2.91. The maximum atomic E-state index is 3.47. The lowest BCUT2D eigenvalue weighted by Crippen LogP contribution is -2.30. The highest BCUT2D eigenvalue weighted by Crippen LogP contribution is 2.35. The van der Waals surface area contributed by atoms with Crippen molar-refractivity contribution in [1.29, 1.82) is 0 Å². The van der Waals surface area contributed by atoms with Crippen LogP contribution in [-0.4, -0.2) is 24.6 Å². The fourth-order valence-corrected chi connectivity index (χ4v) is 3.99. The zero-order chi connectivity index (χ0) is 9.80. The third-order valence-corrected chi connectivity index (χ3v) is 4.99. The van der Waals surface area contributed by atoms with Crippen LogP contribution in [0.2, 0.25) is 0 Å². The SMILES string of the molecule is CNC(CSCC1CCCC1)C1CC1. The Morgan fingerprint density at radius 1 is 1.21 bits per heavy atom. The molecule has 2 fully saturated rings. The molecular formula is C12H23NS. The third-order valence-electron chi connectivity index (χ3n) is 3.69. The molecule has 0 heterocycles. The highest BCUT2D eigenvalue weighted by molar-refractivity contribution is 7.99. The van der Waals surface area contributed by atoms with E-state index >= 15 is 0 Å². The van der Waals surface area contributed by atoms with Crippen LogP contribution in [0, 0.1) is 11.8 Å². The van der Waals surface area contributed by atoms with Gasteiger partial charge in [0.15, 0.2) is 0 Å². The first-order chi connectivity index (χ1) is 6.90. The van der Waals surface area contributed by atoms with E-state index in [2.05, 4.69) is 24.1 Å². The van der Waals surface area contributed by atoms with E-state index in [-0.39, 0.29) is 0 Å². The molecule has 0 aromatic rings. The number of nitrogens with one attached hydrogen (secondary N) is 1. The minimum atomic E-state index is 0.807. The molecule has 82 valence electrons. The Kier molecular flexibility index (Phi) is 4.18. The van der Waals surface area contributed by atoms with Gasteiger partial charge in [-0.05, 0) is 50.3 Å². The highest BCUT2D eigenvalue weighted by atomic mass is 32.2. The standard InChI is InChI=1S/C12H23NS/c1-13-12(11-6-7-11)9-14-8-10-4-2-3-5-10/h10-13H,2-9H2,1H3. The molecule has 0 aromatic carbocycles. The van der Waals surface area contributed by atoms with Gasteiger partial charge < -0.3 is 5.32 Å². The summed E-state index contributed by atoms with van der Waals surface area (Å²) in [7, 11) is 2.12. The van der Waals surface area contributed by atoms with Crippen molar-refractivity contribution in [3.63, 3.8) is 0 Å². The molecule has 1 nitrogen and oxygen atoms in total. The van der Waals surface area contributed by atoms with Gasteiger partial charge in [-0.3, -0.25) is 0 Å². The van der Waals surface area contributed by atoms with E-state index in [0.717, 1.165) is 17.9 Å². The summed E-state index contributed by atoms with van der Waals surface area (Å²) in [6.07, 6.45) is 8.92. The van der Waals surface area contributed by atoms with Crippen molar-refractivity contribution in [2.75, 3.05) is 18.6 Å². The van der Waals surface area contributed by atoms with E-state index in [9.17, 15) is 0 Å². The van der Waals surface area contributed by atoms with Gasteiger partial charge in [-0.2, -0.15) is 11.8 Å². The highest BCUT2D eigenvalue weighted by Gasteiger charge is 2.29. The van der Waals surface area contributed by atoms with E-state index < -0.39 is 0 Å². The maximum absolute atomic E-state index is 3.47. The van der Waals surface area contributed by atoms with Crippen LogP contribution in [0.15, 0.2) is 0 Å². The molecule has 0 spiro atoms. The number of hydrogen-bond acceptors (Lipinski definition) is 2. The topological polar surface area (TPSA) is 12.0 Å². The van der Waals surface area contributed by atoms with Crippen molar-refractivity contribution in [2.45, 2.75) is 44.6 Å². The molecule has 0 amide bonds. The monoisotopic (exact) mass is 213 g/mol. The predicted octanol–water partition coefficient (Wildman–Crippen LogP) is 2.91. The second-order valence-corrected chi connectivity index (χ2v) is 6.00. The van der Waals surface area contributed by atoms with E-state index in [1.807, 2.05) is 0 Å². The summed E-state index contributed by atoms with van der Waals surface area (Å²) >= 11 is 2.19. The quantitative estimate of drug-likeness (QED) is 0.728. The van der Waals surface area contributed by atoms with Crippen molar-refractivity contribution in [1.82, 2.24) is 5.32 Å². The van der Waals surface area contributed by atoms with Crippen LogP contribution in [0.1, 0.15) is 38.5 Å². The maximum Gasteiger partial charge on any atom is 0.0183 e. The molecule has 2 heteroatoms. The van der Waals surface area contributed by atoms with Crippen molar-refractivity contribution in [3.05, 3.63) is 0 Å². The molecule has 0 radical (unpaired) electrons. The first-order valence-corrected chi connectivity index (χ1v) is 7.30. The van der Waals surface area contributed by atoms with Crippen molar-refractivity contribution in [2.24, 2.45) is 11.8 Å². The number of rotatable bonds is 6. The summed E-state index contributed by atoms with van der Waals surface area (Å²) in [5.41, 5.74) is 0. The van der Waals surface area contributed by atoms with Crippen molar-refractivity contribution < 1.29 is 0 Å². The molecule has 0 aliphatic heterocycles. The zero-order valence-corrected chi connectivity index (χ0v) is 10.1. The lowest BCUT2D eigenvalue weighted by molar-refractivity contribution is 0.551. The Hall–Kier alpha value is 0.310. The van der Waals surface area contributed by atoms with Crippen LogP contribution in [0.25, 0.3) is 0 Å². The van der Waals surface area contributed by atoms with E-state index in [0.29, 0.717) is 0 Å². The second-order valence-electron chi connectivity index (χ2n) is 4.92. The van der Waals surface area contributed by atoms with Crippen LogP contribution >= 0.6 is 11.8 Å². The van der Waals surface area contributed by atoms with Crippen molar-refractivity contribution >= 4 is 11.8 Å². The molecule has 0 saturated heterocycles. The van der Waals surface area contributed by atoms with Gasteiger partial charge in [-0.25, -0.2) is 0 Å². The minimum Gasteiger partial charge on any atom is -0.316 e. The van der Waals surface area contributed by atoms with Crippen LogP contribution in [0.3, 0.4) is 0 Å². The smallest absolute Gasteiger partial charge is 0.0183 e. The van der Waals surface area contributed by atoms with E-state index in [4.69, 9.17) is 0 Å². The van der Waals surface area contributed by atoms with Gasteiger partial charge >= 0.3 is 0 Å². The molecule has 2 aliphatic rings. The van der Waals surface area contributed by atoms with Crippen LogP contribution in [0.5, 0.6) is 0 Å². The summed E-state index contributed by atoms with van der Waals surface area (Å²) in [5, 5.41) is 3.47. The largest absolute Gasteiger partial charge is 0.316 e. The average molecular weight is 213 g/mol. The lowest BCUT2D eigenvalue weighted by Gasteiger charge is -2.16. The molecule has 0 bridgehead atoms. The van der Waals surface area contributed by atoms with Gasteiger partial charge in [0.25, 0.3) is 0 Å². The fourth-order valence-electron chi connectivity index (χ4n) is 2.49. The Morgan fingerprint density at radius 3 is 2.50 bits per heavy atom. The minimum absolute atomic E-state index is 0.807. The van der Waals surface area contributed by atoms with Gasteiger partial charge in [0.2, 0.25) is 0 Å². The van der Waals surface area contributed by atoms with Gasteiger partial charge in [0, 0.05) is 11.8 Å². The Balaban J connectivity index is 1.56. The fraction of sp³-hybridized carbons (Fsp3) is 1.00. The van der Waals surface area contributed by atoms with E-state index in [1.165, 1.54) is 50.0 Å². The molecule has 14 heavy (non-hydrogen) atoms.